The molecule has 0 aliphatic heterocycles. The molecule has 1 amide bonds. The second-order valence-electron chi connectivity index (χ2n) is 7.13. The van der Waals surface area contributed by atoms with Crippen LogP contribution in [0.5, 0.6) is 0 Å². The average molecular weight is 395 g/mol. The minimum atomic E-state index is -3.63. The molecule has 26 heavy (non-hydrogen) atoms. The second-order valence-corrected chi connectivity index (χ2v) is 9.25. The lowest BCUT2D eigenvalue weighted by atomic mass is 10.1. The number of carbonyl (C=O) groups is 1. The SMILES string of the molecule is CC(NC(=O)c1ccc(S(=O)(=O)NC(C)(C)C)cc1)c1cccc(Cl)c1. The summed E-state index contributed by atoms with van der Waals surface area (Å²) >= 11 is 5.97. The van der Waals surface area contributed by atoms with E-state index in [-0.39, 0.29) is 16.8 Å². The summed E-state index contributed by atoms with van der Waals surface area (Å²) in [5.41, 5.74) is 0.689. The highest BCUT2D eigenvalue weighted by atomic mass is 35.5. The molecule has 2 rings (SSSR count). The van der Waals surface area contributed by atoms with Crippen LogP contribution in [-0.2, 0) is 10.0 Å². The van der Waals surface area contributed by atoms with Crippen molar-refractivity contribution < 1.29 is 13.2 Å². The average Bonchev–Trinajstić information content (AvgIpc) is 2.52. The van der Waals surface area contributed by atoms with E-state index in [9.17, 15) is 13.2 Å². The minimum absolute atomic E-state index is 0.117. The lowest BCUT2D eigenvalue weighted by Gasteiger charge is -2.20. The van der Waals surface area contributed by atoms with Gasteiger partial charge in [-0.05, 0) is 69.7 Å². The summed E-state index contributed by atoms with van der Waals surface area (Å²) in [5.74, 6) is -0.287. The van der Waals surface area contributed by atoms with E-state index >= 15 is 0 Å². The maximum Gasteiger partial charge on any atom is 0.251 e. The van der Waals surface area contributed by atoms with Gasteiger partial charge in [-0.1, -0.05) is 23.7 Å². The number of benzene rings is 2. The van der Waals surface area contributed by atoms with E-state index in [0.29, 0.717) is 10.6 Å². The zero-order chi connectivity index (χ0) is 19.5. The normalized spacial score (nSPS) is 13.3. The Labute approximate surface area is 159 Å². The largest absolute Gasteiger partial charge is 0.346 e. The van der Waals surface area contributed by atoms with Crippen molar-refractivity contribution in [1.29, 1.82) is 0 Å². The first-order valence-corrected chi connectivity index (χ1v) is 10.0. The third-order valence-corrected chi connectivity index (χ3v) is 5.57. The van der Waals surface area contributed by atoms with Crippen LogP contribution in [0.1, 0.15) is 49.7 Å². The van der Waals surface area contributed by atoms with Gasteiger partial charge in [-0.25, -0.2) is 13.1 Å². The lowest BCUT2D eigenvalue weighted by Crippen LogP contribution is -2.40. The standard InChI is InChI=1S/C19H23ClN2O3S/c1-13(15-6-5-7-16(20)12-15)21-18(23)14-8-10-17(11-9-14)26(24,25)22-19(2,3)4/h5-13,22H,1-4H3,(H,21,23). The molecular formula is C19H23ClN2O3S. The number of hydrogen-bond acceptors (Lipinski definition) is 3. The van der Waals surface area contributed by atoms with Crippen molar-refractivity contribution in [2.45, 2.75) is 44.2 Å². The van der Waals surface area contributed by atoms with Crippen molar-refractivity contribution in [2.24, 2.45) is 0 Å². The Morgan fingerprint density at radius 2 is 1.69 bits per heavy atom. The number of carbonyl (C=O) groups excluding carboxylic acids is 1. The summed E-state index contributed by atoms with van der Waals surface area (Å²) in [6, 6.07) is 12.9. The van der Waals surface area contributed by atoms with Crippen molar-refractivity contribution in [3.63, 3.8) is 0 Å². The van der Waals surface area contributed by atoms with Gasteiger partial charge in [0.1, 0.15) is 0 Å². The quantitative estimate of drug-likeness (QED) is 0.807. The molecular weight excluding hydrogens is 372 g/mol. The topological polar surface area (TPSA) is 75.3 Å². The van der Waals surface area contributed by atoms with E-state index < -0.39 is 15.6 Å². The van der Waals surface area contributed by atoms with Crippen molar-refractivity contribution in [3.05, 3.63) is 64.7 Å². The van der Waals surface area contributed by atoms with Gasteiger partial charge in [0, 0.05) is 16.1 Å². The highest BCUT2D eigenvalue weighted by Crippen LogP contribution is 2.18. The van der Waals surface area contributed by atoms with Gasteiger partial charge in [-0.15, -0.1) is 0 Å². The molecule has 1 atom stereocenters. The summed E-state index contributed by atoms with van der Waals surface area (Å²) in [7, 11) is -3.63. The highest BCUT2D eigenvalue weighted by molar-refractivity contribution is 7.89. The zero-order valence-corrected chi connectivity index (χ0v) is 16.8. The van der Waals surface area contributed by atoms with Gasteiger partial charge < -0.3 is 5.32 Å². The van der Waals surface area contributed by atoms with Gasteiger partial charge in [0.05, 0.1) is 10.9 Å². The first-order chi connectivity index (χ1) is 12.0. The summed E-state index contributed by atoms with van der Waals surface area (Å²) in [5, 5.41) is 3.47. The number of hydrogen-bond donors (Lipinski definition) is 2. The van der Waals surface area contributed by atoms with Crippen LogP contribution in [0.3, 0.4) is 0 Å². The van der Waals surface area contributed by atoms with E-state index in [0.717, 1.165) is 5.56 Å². The smallest absolute Gasteiger partial charge is 0.251 e. The molecule has 0 spiro atoms. The van der Waals surface area contributed by atoms with Crippen LogP contribution in [-0.4, -0.2) is 19.9 Å². The molecule has 0 aromatic heterocycles. The minimum Gasteiger partial charge on any atom is -0.346 e. The fraction of sp³-hybridized carbons (Fsp3) is 0.316. The van der Waals surface area contributed by atoms with Crippen molar-refractivity contribution in [1.82, 2.24) is 10.0 Å². The van der Waals surface area contributed by atoms with Crippen LogP contribution >= 0.6 is 11.6 Å². The Hall–Kier alpha value is -1.89. The van der Waals surface area contributed by atoms with Crippen molar-refractivity contribution in [2.75, 3.05) is 0 Å². The molecule has 0 bridgehead atoms. The first-order valence-electron chi connectivity index (χ1n) is 8.18. The molecule has 7 heteroatoms. The van der Waals surface area contributed by atoms with Crippen LogP contribution in [0.25, 0.3) is 0 Å². The maximum atomic E-state index is 12.4. The van der Waals surface area contributed by atoms with Gasteiger partial charge >= 0.3 is 0 Å². The monoisotopic (exact) mass is 394 g/mol. The Balaban J connectivity index is 2.11. The molecule has 5 nitrogen and oxygen atoms in total. The van der Waals surface area contributed by atoms with Gasteiger partial charge in [0.15, 0.2) is 0 Å². The number of halogens is 1. The highest BCUT2D eigenvalue weighted by Gasteiger charge is 2.22. The summed E-state index contributed by atoms with van der Waals surface area (Å²) in [6.07, 6.45) is 0. The van der Waals surface area contributed by atoms with Gasteiger partial charge in [-0.2, -0.15) is 0 Å². The predicted molar refractivity (Wildman–Crippen MR) is 104 cm³/mol. The Morgan fingerprint density at radius 3 is 2.23 bits per heavy atom. The molecule has 1 unspecified atom stereocenters. The summed E-state index contributed by atoms with van der Waals surface area (Å²) < 4.78 is 27.2. The number of amides is 1. The van der Waals surface area contributed by atoms with E-state index in [1.165, 1.54) is 24.3 Å². The van der Waals surface area contributed by atoms with Crippen molar-refractivity contribution >= 4 is 27.5 Å². The fourth-order valence-corrected chi connectivity index (χ4v) is 4.00. The first kappa shape index (κ1) is 20.4. The Kier molecular flexibility index (Phi) is 6.11. The summed E-state index contributed by atoms with van der Waals surface area (Å²) in [4.78, 5) is 12.5. The Bertz CT molecular complexity index is 888. The lowest BCUT2D eigenvalue weighted by molar-refractivity contribution is 0.0939. The Morgan fingerprint density at radius 1 is 1.08 bits per heavy atom. The van der Waals surface area contributed by atoms with Crippen molar-refractivity contribution in [3.8, 4) is 0 Å². The van der Waals surface area contributed by atoms with Gasteiger partial charge in [0.25, 0.3) is 5.91 Å². The van der Waals surface area contributed by atoms with Crippen LogP contribution in [0, 0.1) is 0 Å². The van der Waals surface area contributed by atoms with E-state index in [2.05, 4.69) is 10.0 Å². The fourth-order valence-electron chi connectivity index (χ4n) is 2.39. The molecule has 0 saturated heterocycles. The van der Waals surface area contributed by atoms with Gasteiger partial charge in [-0.3, -0.25) is 4.79 Å². The molecule has 0 radical (unpaired) electrons. The summed E-state index contributed by atoms with van der Waals surface area (Å²) in [6.45, 7) is 7.16. The molecule has 2 N–H and O–H groups in total. The van der Waals surface area contributed by atoms with E-state index in [4.69, 9.17) is 11.6 Å². The molecule has 140 valence electrons. The molecule has 2 aromatic carbocycles. The number of sulfonamides is 1. The molecule has 2 aromatic rings. The molecule has 0 fully saturated rings. The van der Waals surface area contributed by atoms with Crippen LogP contribution in [0.4, 0.5) is 0 Å². The van der Waals surface area contributed by atoms with E-state index in [1.807, 2.05) is 19.1 Å². The van der Waals surface area contributed by atoms with Crippen LogP contribution in [0.2, 0.25) is 5.02 Å². The molecule has 0 saturated carbocycles. The predicted octanol–water partition coefficient (Wildman–Crippen LogP) is 3.91. The van der Waals surface area contributed by atoms with Crippen LogP contribution in [0.15, 0.2) is 53.4 Å². The third-order valence-electron chi connectivity index (χ3n) is 3.56. The van der Waals surface area contributed by atoms with E-state index in [1.54, 1.807) is 32.9 Å². The number of nitrogens with one attached hydrogen (secondary N) is 2. The molecule has 0 aliphatic rings. The van der Waals surface area contributed by atoms with Crippen LogP contribution < -0.4 is 10.0 Å². The van der Waals surface area contributed by atoms with Gasteiger partial charge in [0.2, 0.25) is 10.0 Å². The zero-order valence-electron chi connectivity index (χ0n) is 15.2. The molecule has 0 heterocycles. The number of rotatable bonds is 5. The molecule has 0 aliphatic carbocycles. The second kappa shape index (κ2) is 7.78. The maximum absolute atomic E-state index is 12.4. The third kappa shape index (κ3) is 5.56.